The number of aliphatic hydroxyl groups excluding tert-OH is 1. The second-order valence-electron chi connectivity index (χ2n) is 4.00. The van der Waals surface area contributed by atoms with Gasteiger partial charge in [0.15, 0.2) is 0 Å². The number of nitrogens with one attached hydrogen (secondary N) is 2. The molecule has 0 aliphatic carbocycles. The van der Waals surface area contributed by atoms with Crippen LogP contribution in [0.5, 0.6) is 0 Å². The summed E-state index contributed by atoms with van der Waals surface area (Å²) in [7, 11) is 0. The number of carbonyl (C=O) groups is 1. The van der Waals surface area contributed by atoms with E-state index in [0.717, 1.165) is 5.69 Å². The Morgan fingerprint density at radius 3 is 3.00 bits per heavy atom. The minimum atomic E-state index is -0.222. The Bertz CT molecular complexity index is 626. The third-order valence-corrected chi connectivity index (χ3v) is 2.55. The van der Waals surface area contributed by atoms with Gasteiger partial charge in [0.2, 0.25) is 0 Å². The number of pyridine rings is 1. The van der Waals surface area contributed by atoms with Crippen molar-refractivity contribution < 1.29 is 9.90 Å². The molecule has 6 nitrogen and oxygen atoms in total. The molecule has 0 aromatic carbocycles. The number of H-pyrrole nitrogens is 1. The lowest BCUT2D eigenvalue weighted by Gasteiger charge is -2.04. The highest BCUT2D eigenvalue weighted by Gasteiger charge is 2.06. The summed E-state index contributed by atoms with van der Waals surface area (Å²) < 4.78 is 0. The molecule has 1 amide bonds. The van der Waals surface area contributed by atoms with Crippen LogP contribution in [0.3, 0.4) is 0 Å². The van der Waals surface area contributed by atoms with Gasteiger partial charge in [-0.2, -0.15) is 0 Å². The van der Waals surface area contributed by atoms with Crippen LogP contribution in [0.15, 0.2) is 31.0 Å². The predicted molar refractivity (Wildman–Crippen MR) is 72.8 cm³/mol. The molecule has 0 saturated heterocycles. The lowest BCUT2D eigenvalue weighted by atomic mass is 10.2. The van der Waals surface area contributed by atoms with E-state index < -0.39 is 0 Å². The molecule has 0 radical (unpaired) electrons. The molecular weight excluding hydrogens is 256 g/mol. The van der Waals surface area contributed by atoms with Crippen LogP contribution in [-0.2, 0) is 6.42 Å². The number of imidazole rings is 1. The zero-order valence-electron chi connectivity index (χ0n) is 10.8. The fourth-order valence-electron chi connectivity index (χ4n) is 1.61. The number of nitrogens with zero attached hydrogens (tertiary/aromatic N) is 2. The molecule has 0 bridgehead atoms. The summed E-state index contributed by atoms with van der Waals surface area (Å²) in [4.78, 5) is 22.8. The number of hydrogen-bond acceptors (Lipinski definition) is 4. The molecule has 0 aliphatic heterocycles. The van der Waals surface area contributed by atoms with Crippen LogP contribution in [-0.4, -0.2) is 39.1 Å². The molecule has 0 unspecified atom stereocenters. The lowest BCUT2D eigenvalue weighted by Crippen LogP contribution is -2.25. The Kier molecular flexibility index (Phi) is 4.87. The quantitative estimate of drug-likeness (QED) is 0.688. The van der Waals surface area contributed by atoms with E-state index in [1.165, 1.54) is 6.20 Å². The van der Waals surface area contributed by atoms with Crippen molar-refractivity contribution in [3.63, 3.8) is 0 Å². The molecule has 6 heteroatoms. The van der Waals surface area contributed by atoms with Gasteiger partial charge in [-0.3, -0.25) is 9.78 Å². The summed E-state index contributed by atoms with van der Waals surface area (Å²) in [6, 6.07) is 1.64. The maximum atomic E-state index is 11.9. The van der Waals surface area contributed by atoms with Crippen molar-refractivity contribution in [2.75, 3.05) is 13.2 Å². The molecule has 20 heavy (non-hydrogen) atoms. The largest absolute Gasteiger partial charge is 0.384 e. The standard InChI is InChI=1S/C14H14N4O2/c19-5-1-2-11-6-12(8-15-7-11)14(20)17-4-3-13-9-16-10-18-13/h6-10,19H,3-5H2,(H,16,18)(H,17,20). The fraction of sp³-hybridized carbons (Fsp3) is 0.214. The molecule has 0 spiro atoms. The molecule has 0 fully saturated rings. The van der Waals surface area contributed by atoms with Gasteiger partial charge in [-0.15, -0.1) is 0 Å². The SMILES string of the molecule is O=C(NCCc1cnc[nH]1)c1cncc(C#CCO)c1. The van der Waals surface area contributed by atoms with Crippen LogP contribution in [0.4, 0.5) is 0 Å². The van der Waals surface area contributed by atoms with Crippen molar-refractivity contribution in [2.45, 2.75) is 6.42 Å². The van der Waals surface area contributed by atoms with Gasteiger partial charge in [0.1, 0.15) is 6.61 Å². The van der Waals surface area contributed by atoms with Crippen molar-refractivity contribution in [2.24, 2.45) is 0 Å². The topological polar surface area (TPSA) is 90.9 Å². The highest BCUT2D eigenvalue weighted by Crippen LogP contribution is 2.01. The zero-order chi connectivity index (χ0) is 14.2. The third-order valence-electron chi connectivity index (χ3n) is 2.55. The van der Waals surface area contributed by atoms with E-state index in [2.05, 4.69) is 32.1 Å². The predicted octanol–water partition coefficient (Wildman–Crippen LogP) is 0.121. The lowest BCUT2D eigenvalue weighted by molar-refractivity contribution is 0.0953. The minimum Gasteiger partial charge on any atom is -0.384 e. The van der Waals surface area contributed by atoms with Crippen molar-refractivity contribution in [1.82, 2.24) is 20.3 Å². The van der Waals surface area contributed by atoms with Crippen LogP contribution in [0.25, 0.3) is 0 Å². The van der Waals surface area contributed by atoms with E-state index in [9.17, 15) is 4.79 Å². The van der Waals surface area contributed by atoms with E-state index in [0.29, 0.717) is 24.1 Å². The first kappa shape index (κ1) is 13.8. The van der Waals surface area contributed by atoms with E-state index in [4.69, 9.17) is 5.11 Å². The van der Waals surface area contributed by atoms with Gasteiger partial charge in [0.25, 0.3) is 5.91 Å². The second kappa shape index (κ2) is 7.07. The van der Waals surface area contributed by atoms with Gasteiger partial charge in [-0.1, -0.05) is 11.8 Å². The number of carbonyl (C=O) groups excluding carboxylic acids is 1. The number of aliphatic hydroxyl groups is 1. The van der Waals surface area contributed by atoms with Crippen molar-refractivity contribution in [3.8, 4) is 11.8 Å². The van der Waals surface area contributed by atoms with Gasteiger partial charge in [0.05, 0.1) is 11.9 Å². The van der Waals surface area contributed by atoms with Crippen molar-refractivity contribution in [3.05, 3.63) is 47.8 Å². The summed E-state index contributed by atoms with van der Waals surface area (Å²) in [5.41, 5.74) is 2.01. The molecule has 0 saturated carbocycles. The molecular formula is C14H14N4O2. The Hall–Kier alpha value is -2.65. The molecule has 0 atom stereocenters. The summed E-state index contributed by atoms with van der Waals surface area (Å²) >= 11 is 0. The average Bonchev–Trinajstić information content (AvgIpc) is 2.98. The molecule has 2 rings (SSSR count). The molecule has 0 aliphatic rings. The summed E-state index contributed by atoms with van der Waals surface area (Å²) in [6.45, 7) is 0.286. The minimum absolute atomic E-state index is 0.204. The van der Waals surface area contributed by atoms with Crippen LogP contribution in [0, 0.1) is 11.8 Å². The first-order valence-corrected chi connectivity index (χ1v) is 6.10. The summed E-state index contributed by atoms with van der Waals surface area (Å²) in [5, 5.41) is 11.4. The number of amides is 1. The normalized spacial score (nSPS) is 9.65. The van der Waals surface area contributed by atoms with E-state index in [1.807, 2.05) is 0 Å². The van der Waals surface area contributed by atoms with Gasteiger partial charge in [-0.05, 0) is 6.07 Å². The van der Waals surface area contributed by atoms with Gasteiger partial charge in [0, 0.05) is 42.8 Å². The number of hydrogen-bond donors (Lipinski definition) is 3. The average molecular weight is 270 g/mol. The highest BCUT2D eigenvalue weighted by molar-refractivity contribution is 5.94. The van der Waals surface area contributed by atoms with Gasteiger partial charge >= 0.3 is 0 Å². The van der Waals surface area contributed by atoms with E-state index >= 15 is 0 Å². The van der Waals surface area contributed by atoms with Crippen molar-refractivity contribution in [1.29, 1.82) is 0 Å². The molecule has 3 N–H and O–H groups in total. The van der Waals surface area contributed by atoms with Crippen molar-refractivity contribution >= 4 is 5.91 Å². The van der Waals surface area contributed by atoms with E-state index in [1.54, 1.807) is 24.8 Å². The maximum absolute atomic E-state index is 11.9. The Labute approximate surface area is 116 Å². The molecule has 2 heterocycles. The monoisotopic (exact) mass is 270 g/mol. The molecule has 102 valence electrons. The molecule has 2 aromatic heterocycles. The van der Waals surface area contributed by atoms with Gasteiger partial charge in [-0.25, -0.2) is 4.98 Å². The zero-order valence-corrected chi connectivity index (χ0v) is 10.8. The first-order chi connectivity index (χ1) is 9.79. The number of aromatic nitrogens is 3. The highest BCUT2D eigenvalue weighted by atomic mass is 16.2. The second-order valence-corrected chi connectivity index (χ2v) is 4.00. The Morgan fingerprint density at radius 1 is 1.35 bits per heavy atom. The van der Waals surface area contributed by atoms with Crippen LogP contribution < -0.4 is 5.32 Å². The van der Waals surface area contributed by atoms with Gasteiger partial charge < -0.3 is 15.4 Å². The Balaban J connectivity index is 1.91. The third kappa shape index (κ3) is 3.93. The smallest absolute Gasteiger partial charge is 0.252 e. The van der Waals surface area contributed by atoms with Crippen LogP contribution >= 0.6 is 0 Å². The van der Waals surface area contributed by atoms with Crippen LogP contribution in [0.2, 0.25) is 0 Å². The summed E-state index contributed by atoms with van der Waals surface area (Å²) in [5.74, 6) is 5.02. The maximum Gasteiger partial charge on any atom is 0.252 e. The molecule has 2 aromatic rings. The first-order valence-electron chi connectivity index (χ1n) is 6.10. The Morgan fingerprint density at radius 2 is 2.25 bits per heavy atom. The number of rotatable bonds is 4. The van der Waals surface area contributed by atoms with Crippen LogP contribution in [0.1, 0.15) is 21.6 Å². The summed E-state index contributed by atoms with van der Waals surface area (Å²) in [6.07, 6.45) is 7.03. The fourth-order valence-corrected chi connectivity index (χ4v) is 1.61. The number of aromatic amines is 1. The van der Waals surface area contributed by atoms with E-state index in [-0.39, 0.29) is 12.5 Å².